The van der Waals surface area contributed by atoms with Crippen LogP contribution in [0.3, 0.4) is 0 Å². The number of aromatic hydroxyl groups is 1. The Labute approximate surface area is 190 Å². The van der Waals surface area contributed by atoms with Crippen molar-refractivity contribution >= 4 is 35.9 Å². The predicted molar refractivity (Wildman–Crippen MR) is 107 cm³/mol. The van der Waals surface area contributed by atoms with Crippen molar-refractivity contribution in [3.8, 4) is 17.2 Å². The van der Waals surface area contributed by atoms with E-state index in [1.807, 2.05) is 0 Å². The maximum atomic E-state index is 11.5. The number of rotatable bonds is 10. The van der Waals surface area contributed by atoms with Gasteiger partial charge in [-0.1, -0.05) is 0 Å². The SMILES string of the molecule is COc1cc(/C=C/C(=O)OC(=O)C(O)CC(=O)O)cc(OC)c1O.O=C(O)C(O)C(O)C(=O)O. The Morgan fingerprint density at radius 2 is 1.32 bits per heavy atom. The molecule has 0 saturated carbocycles. The predicted octanol–water partition coefficient (Wildman–Crippen LogP) is -1.79. The minimum absolute atomic E-state index is 0.107. The van der Waals surface area contributed by atoms with Crippen molar-refractivity contribution < 1.29 is 73.9 Å². The number of aliphatic carboxylic acids is 3. The molecule has 1 aromatic rings. The molecule has 1 rings (SSSR count). The summed E-state index contributed by atoms with van der Waals surface area (Å²) < 4.78 is 14.2. The molecule has 0 aliphatic carbocycles. The topological polar surface area (TPSA) is 255 Å². The number of carbonyl (C=O) groups excluding carboxylic acids is 2. The number of aliphatic hydroxyl groups is 3. The maximum Gasteiger partial charge on any atom is 0.343 e. The molecule has 0 amide bonds. The zero-order chi connectivity index (χ0) is 26.6. The first-order valence-corrected chi connectivity index (χ1v) is 8.85. The Bertz CT molecular complexity index is 893. The fraction of sp³-hybridized carbons (Fsp3) is 0.316. The van der Waals surface area contributed by atoms with Gasteiger partial charge in [-0.3, -0.25) is 4.79 Å². The Morgan fingerprint density at radius 3 is 1.68 bits per heavy atom. The second-order valence-corrected chi connectivity index (χ2v) is 6.03. The van der Waals surface area contributed by atoms with Gasteiger partial charge in [-0.05, 0) is 23.8 Å². The molecule has 0 bridgehead atoms. The van der Waals surface area contributed by atoms with Crippen LogP contribution in [0, 0.1) is 0 Å². The molecule has 0 saturated heterocycles. The summed E-state index contributed by atoms with van der Waals surface area (Å²) in [6.07, 6.45) is -5.20. The number of aliphatic hydroxyl groups excluding tert-OH is 3. The normalized spacial score (nSPS) is 13.0. The van der Waals surface area contributed by atoms with Crippen molar-refractivity contribution in [1.82, 2.24) is 0 Å². The van der Waals surface area contributed by atoms with E-state index in [-0.39, 0.29) is 17.2 Å². The van der Waals surface area contributed by atoms with Crippen LogP contribution in [0.4, 0.5) is 0 Å². The van der Waals surface area contributed by atoms with Crippen LogP contribution in [-0.4, -0.2) is 98.1 Å². The zero-order valence-electron chi connectivity index (χ0n) is 17.6. The van der Waals surface area contributed by atoms with Crippen molar-refractivity contribution in [3.05, 3.63) is 23.8 Å². The van der Waals surface area contributed by atoms with Crippen molar-refractivity contribution in [1.29, 1.82) is 0 Å². The lowest BCUT2D eigenvalue weighted by Gasteiger charge is -2.09. The lowest BCUT2D eigenvalue weighted by molar-refractivity contribution is -0.165. The fourth-order valence-corrected chi connectivity index (χ4v) is 1.89. The van der Waals surface area contributed by atoms with Crippen LogP contribution in [0.2, 0.25) is 0 Å². The number of hydrogen-bond acceptors (Lipinski definition) is 12. The van der Waals surface area contributed by atoms with Crippen LogP contribution in [0.1, 0.15) is 12.0 Å². The summed E-state index contributed by atoms with van der Waals surface area (Å²) in [5.74, 6) is -7.42. The number of ether oxygens (including phenoxy) is 3. The molecule has 1 aromatic carbocycles. The standard InChI is InChI=1S/C15H16O9.C4H6O6/c1-22-10-5-8(6-11(23-2)14(10)20)3-4-13(19)24-15(21)9(16)7-12(17)18;5-1(3(7)8)2(6)4(9)10/h3-6,9,16,20H,7H2,1-2H3,(H,17,18);1-2,5-6H,(H,7,8)(H,9,10)/b4-3+;. The first-order chi connectivity index (χ1) is 15.7. The van der Waals surface area contributed by atoms with E-state index in [0.29, 0.717) is 5.56 Å². The van der Waals surface area contributed by atoms with E-state index >= 15 is 0 Å². The summed E-state index contributed by atoms with van der Waals surface area (Å²) in [6.45, 7) is 0. The zero-order valence-corrected chi connectivity index (χ0v) is 17.6. The molecule has 0 aliphatic heterocycles. The van der Waals surface area contributed by atoms with E-state index in [9.17, 15) is 34.2 Å². The van der Waals surface area contributed by atoms with Gasteiger partial charge in [0.1, 0.15) is 0 Å². The minimum atomic E-state index is -2.27. The molecular weight excluding hydrogens is 468 g/mol. The lowest BCUT2D eigenvalue weighted by atomic mass is 10.1. The van der Waals surface area contributed by atoms with Gasteiger partial charge in [-0.2, -0.15) is 0 Å². The second kappa shape index (κ2) is 14.0. The van der Waals surface area contributed by atoms with Crippen LogP contribution in [-0.2, 0) is 28.7 Å². The molecule has 34 heavy (non-hydrogen) atoms. The molecule has 0 aliphatic rings. The number of carboxylic acid groups (broad SMARTS) is 3. The van der Waals surface area contributed by atoms with E-state index in [1.165, 1.54) is 32.4 Å². The Balaban J connectivity index is 0.000000916. The third kappa shape index (κ3) is 9.94. The average Bonchev–Trinajstić information content (AvgIpc) is 2.76. The molecule has 0 fully saturated rings. The minimum Gasteiger partial charge on any atom is -0.502 e. The number of phenols is 1. The van der Waals surface area contributed by atoms with Gasteiger partial charge in [0.15, 0.2) is 29.8 Å². The third-order valence-corrected chi connectivity index (χ3v) is 3.56. The largest absolute Gasteiger partial charge is 0.502 e. The van der Waals surface area contributed by atoms with E-state index in [1.54, 1.807) is 0 Å². The third-order valence-electron chi connectivity index (χ3n) is 3.56. The van der Waals surface area contributed by atoms with Crippen molar-refractivity contribution in [3.63, 3.8) is 0 Å². The number of esters is 2. The summed E-state index contributed by atoms with van der Waals surface area (Å²) in [4.78, 5) is 52.7. The van der Waals surface area contributed by atoms with Gasteiger partial charge in [0, 0.05) is 6.08 Å². The van der Waals surface area contributed by atoms with Gasteiger partial charge in [0.2, 0.25) is 5.75 Å². The number of hydrogen-bond donors (Lipinski definition) is 7. The summed E-state index contributed by atoms with van der Waals surface area (Å²) in [7, 11) is 2.66. The Kier molecular flexibility index (Phi) is 12.3. The van der Waals surface area contributed by atoms with Gasteiger partial charge in [-0.25, -0.2) is 19.2 Å². The smallest absolute Gasteiger partial charge is 0.343 e. The van der Waals surface area contributed by atoms with E-state index in [0.717, 1.165) is 6.08 Å². The molecule has 15 nitrogen and oxygen atoms in total. The molecule has 0 heterocycles. The quantitative estimate of drug-likeness (QED) is 0.108. The highest BCUT2D eigenvalue weighted by atomic mass is 16.6. The van der Waals surface area contributed by atoms with Gasteiger partial charge < -0.3 is 50.0 Å². The fourth-order valence-electron chi connectivity index (χ4n) is 1.89. The average molecular weight is 490 g/mol. The highest BCUT2D eigenvalue weighted by Crippen LogP contribution is 2.37. The molecule has 188 valence electrons. The van der Waals surface area contributed by atoms with Crippen LogP contribution < -0.4 is 9.47 Å². The van der Waals surface area contributed by atoms with Gasteiger partial charge in [0.05, 0.1) is 20.6 Å². The lowest BCUT2D eigenvalue weighted by Crippen LogP contribution is -2.39. The highest BCUT2D eigenvalue weighted by Gasteiger charge is 2.29. The molecule has 3 unspecified atom stereocenters. The van der Waals surface area contributed by atoms with Crippen LogP contribution >= 0.6 is 0 Å². The van der Waals surface area contributed by atoms with E-state index < -0.39 is 54.6 Å². The Morgan fingerprint density at radius 1 is 0.882 bits per heavy atom. The van der Waals surface area contributed by atoms with Gasteiger partial charge in [-0.15, -0.1) is 0 Å². The van der Waals surface area contributed by atoms with E-state index in [4.69, 9.17) is 35.0 Å². The Hall–Kier alpha value is -4.21. The maximum absolute atomic E-state index is 11.5. The molecule has 0 spiro atoms. The number of carboxylic acids is 3. The molecular formula is C19H22O15. The van der Waals surface area contributed by atoms with Gasteiger partial charge in [0.25, 0.3) is 0 Å². The molecule has 0 aromatic heterocycles. The van der Waals surface area contributed by atoms with Crippen molar-refractivity contribution in [2.45, 2.75) is 24.7 Å². The van der Waals surface area contributed by atoms with Gasteiger partial charge >= 0.3 is 29.8 Å². The van der Waals surface area contributed by atoms with Crippen molar-refractivity contribution in [2.24, 2.45) is 0 Å². The van der Waals surface area contributed by atoms with Crippen LogP contribution in [0.15, 0.2) is 18.2 Å². The van der Waals surface area contributed by atoms with E-state index in [2.05, 4.69) is 4.74 Å². The second-order valence-electron chi connectivity index (χ2n) is 6.03. The number of methoxy groups -OCH3 is 2. The van der Waals surface area contributed by atoms with Crippen LogP contribution in [0.25, 0.3) is 6.08 Å². The summed E-state index contributed by atoms with van der Waals surface area (Å²) in [5, 5.41) is 59.9. The number of benzene rings is 1. The molecule has 7 N–H and O–H groups in total. The first kappa shape index (κ1) is 29.8. The molecule has 3 atom stereocenters. The summed E-state index contributed by atoms with van der Waals surface area (Å²) in [6, 6.07) is 2.81. The monoisotopic (exact) mass is 490 g/mol. The van der Waals surface area contributed by atoms with Crippen molar-refractivity contribution in [2.75, 3.05) is 14.2 Å². The highest BCUT2D eigenvalue weighted by molar-refractivity contribution is 5.96. The molecule has 15 heteroatoms. The molecule has 0 radical (unpaired) electrons. The summed E-state index contributed by atoms with van der Waals surface area (Å²) >= 11 is 0. The number of carbonyl (C=O) groups is 5. The first-order valence-electron chi connectivity index (χ1n) is 8.85. The van der Waals surface area contributed by atoms with Crippen LogP contribution in [0.5, 0.6) is 17.2 Å². The summed E-state index contributed by atoms with van der Waals surface area (Å²) in [5.41, 5.74) is 0.400. The number of phenolic OH excluding ortho intramolecular Hbond substituents is 1.